The van der Waals surface area contributed by atoms with Crippen LogP contribution in [0.1, 0.15) is 31.1 Å². The molecule has 0 aliphatic carbocycles. The molecule has 178 valence electrons. The molecule has 5 N–H and O–H groups in total. The van der Waals surface area contributed by atoms with Crippen LogP contribution in [0.2, 0.25) is 0 Å². The van der Waals surface area contributed by atoms with E-state index in [-0.39, 0.29) is 12.0 Å². The van der Waals surface area contributed by atoms with E-state index >= 15 is 0 Å². The molecular weight excluding hydrogens is 440 g/mol. The monoisotopic (exact) mass is 467 g/mol. The number of anilines is 1. The summed E-state index contributed by atoms with van der Waals surface area (Å²) in [6.45, 7) is -2.09. The quantitative estimate of drug-likeness (QED) is 0.398. The molecule has 9 heteroatoms. The minimum Gasteiger partial charge on any atom is -0.435 e. The number of hydrogen-bond donors (Lipinski definition) is 3. The van der Waals surface area contributed by atoms with Crippen molar-refractivity contribution in [2.45, 2.75) is 32.1 Å². The first-order valence-electron chi connectivity index (χ1n) is 11.0. The molecule has 0 saturated carbocycles. The van der Waals surface area contributed by atoms with Crippen LogP contribution in [0, 0.1) is 0 Å². The Balaban J connectivity index is 1.37. The molecule has 1 aromatic heterocycles. The topological polar surface area (TPSA) is 100 Å². The van der Waals surface area contributed by atoms with E-state index in [0.717, 1.165) is 42.3 Å². The molecule has 4 rings (SSSR count). The van der Waals surface area contributed by atoms with Gasteiger partial charge in [-0.25, -0.2) is 4.68 Å². The second-order valence-corrected chi connectivity index (χ2v) is 7.88. The summed E-state index contributed by atoms with van der Waals surface area (Å²) >= 11 is 0. The molecule has 0 amide bonds. The fourth-order valence-electron chi connectivity index (χ4n) is 3.68. The van der Waals surface area contributed by atoms with Crippen LogP contribution in [0.15, 0.2) is 78.4 Å². The molecule has 0 spiro atoms. The fourth-order valence-corrected chi connectivity index (χ4v) is 3.68. The van der Waals surface area contributed by atoms with Gasteiger partial charge < -0.3 is 26.3 Å². The van der Waals surface area contributed by atoms with Crippen LogP contribution in [0.25, 0.3) is 17.0 Å². The lowest BCUT2D eigenvalue weighted by atomic mass is 10.1. The minimum absolute atomic E-state index is 0.000912. The highest BCUT2D eigenvalue weighted by Crippen LogP contribution is 2.27. The number of allylic oxidation sites excluding steroid dienone is 3. The van der Waals surface area contributed by atoms with E-state index in [0.29, 0.717) is 17.2 Å². The SMILES string of the molecule is NC(=C\C=C(/N)Nc1ccc(OC(F)F)cc1)/C=C/c1ccc2c(cnn2C2CCCCO2)c1. The second kappa shape index (κ2) is 10.8. The summed E-state index contributed by atoms with van der Waals surface area (Å²) in [4.78, 5) is 0. The first-order valence-corrected chi connectivity index (χ1v) is 11.0. The summed E-state index contributed by atoms with van der Waals surface area (Å²) in [5.74, 6) is 0.419. The van der Waals surface area contributed by atoms with Crippen LogP contribution in [0.3, 0.4) is 0 Å². The number of nitrogens with zero attached hydrogens (tertiary/aromatic N) is 2. The number of ether oxygens (including phenoxy) is 2. The predicted molar refractivity (Wildman–Crippen MR) is 129 cm³/mol. The van der Waals surface area contributed by atoms with Crippen LogP contribution < -0.4 is 21.5 Å². The van der Waals surface area contributed by atoms with E-state index in [4.69, 9.17) is 16.2 Å². The van der Waals surface area contributed by atoms with Gasteiger partial charge in [-0.2, -0.15) is 13.9 Å². The number of rotatable bonds is 8. The minimum atomic E-state index is -2.86. The molecule has 1 unspecified atom stereocenters. The van der Waals surface area contributed by atoms with Crippen molar-refractivity contribution >= 4 is 22.7 Å². The maximum atomic E-state index is 12.2. The number of benzene rings is 2. The molecule has 34 heavy (non-hydrogen) atoms. The third-order valence-corrected chi connectivity index (χ3v) is 5.34. The van der Waals surface area contributed by atoms with Crippen molar-refractivity contribution in [3.05, 3.63) is 84.0 Å². The second-order valence-electron chi connectivity index (χ2n) is 7.88. The molecule has 1 aliphatic heterocycles. The van der Waals surface area contributed by atoms with Crippen LogP contribution in [-0.4, -0.2) is 23.0 Å². The van der Waals surface area contributed by atoms with E-state index in [9.17, 15) is 8.78 Å². The third kappa shape index (κ3) is 6.14. The molecule has 3 aromatic rings. The molecule has 0 radical (unpaired) electrons. The number of hydrogen-bond acceptors (Lipinski definition) is 6. The van der Waals surface area contributed by atoms with Crippen molar-refractivity contribution < 1.29 is 18.3 Å². The smallest absolute Gasteiger partial charge is 0.387 e. The summed E-state index contributed by atoms with van der Waals surface area (Å²) in [5, 5.41) is 8.51. The first kappa shape index (κ1) is 23.3. The highest BCUT2D eigenvalue weighted by Gasteiger charge is 2.18. The Morgan fingerprint density at radius 1 is 1.15 bits per heavy atom. The Labute approximate surface area is 196 Å². The molecule has 7 nitrogen and oxygen atoms in total. The van der Waals surface area contributed by atoms with Gasteiger partial charge in [-0.15, -0.1) is 0 Å². The Hall–Kier alpha value is -3.85. The van der Waals surface area contributed by atoms with Gasteiger partial charge in [0.05, 0.1) is 11.7 Å². The number of halogens is 2. The summed E-state index contributed by atoms with van der Waals surface area (Å²) < 4.78 is 36.6. The highest BCUT2D eigenvalue weighted by molar-refractivity contribution is 5.81. The Bertz CT molecular complexity index is 1200. The van der Waals surface area contributed by atoms with Gasteiger partial charge in [-0.05, 0) is 79.5 Å². The predicted octanol–water partition coefficient (Wildman–Crippen LogP) is 5.10. The van der Waals surface area contributed by atoms with Gasteiger partial charge in [0, 0.05) is 23.4 Å². The molecule has 1 saturated heterocycles. The maximum absolute atomic E-state index is 12.2. The lowest BCUT2D eigenvalue weighted by Crippen LogP contribution is -2.18. The average Bonchev–Trinajstić information content (AvgIpc) is 3.26. The van der Waals surface area contributed by atoms with Crippen molar-refractivity contribution in [1.82, 2.24) is 9.78 Å². The number of nitrogens with one attached hydrogen (secondary N) is 1. The summed E-state index contributed by atoms with van der Waals surface area (Å²) in [6, 6.07) is 12.1. The normalized spacial score (nSPS) is 17.6. The summed E-state index contributed by atoms with van der Waals surface area (Å²) in [7, 11) is 0. The van der Waals surface area contributed by atoms with E-state index in [1.807, 2.05) is 29.1 Å². The van der Waals surface area contributed by atoms with E-state index in [2.05, 4.69) is 21.2 Å². The largest absolute Gasteiger partial charge is 0.435 e. The fraction of sp³-hybridized carbons (Fsp3) is 0.240. The number of aromatic nitrogens is 2. The standard InChI is InChI=1S/C25H27F2N5O2/c26-25(27)34-21-10-8-20(9-11-21)31-23(29)13-7-19(28)6-4-17-5-12-22-18(15-17)16-30-32(22)24-3-1-2-14-33-24/h4-13,15-16,24-25,31H,1-3,14,28-29H2/b6-4+,19-7-,23-13+. The zero-order chi connectivity index (χ0) is 23.9. The van der Waals surface area contributed by atoms with Gasteiger partial charge in [0.1, 0.15) is 11.6 Å². The molecule has 1 aliphatic rings. The lowest BCUT2D eigenvalue weighted by Gasteiger charge is -2.23. The van der Waals surface area contributed by atoms with Crippen LogP contribution >= 0.6 is 0 Å². The van der Waals surface area contributed by atoms with Gasteiger partial charge in [0.25, 0.3) is 0 Å². The van der Waals surface area contributed by atoms with E-state index in [1.165, 1.54) is 12.1 Å². The molecule has 2 aromatic carbocycles. The number of nitrogens with two attached hydrogens (primary N) is 2. The van der Waals surface area contributed by atoms with Crippen LogP contribution in [0.5, 0.6) is 5.75 Å². The number of fused-ring (bicyclic) bond motifs is 1. The Kier molecular flexibility index (Phi) is 7.44. The molecule has 0 bridgehead atoms. The van der Waals surface area contributed by atoms with Crippen LogP contribution in [0.4, 0.5) is 14.5 Å². The van der Waals surface area contributed by atoms with Crippen molar-refractivity contribution in [3.8, 4) is 5.75 Å². The van der Waals surface area contributed by atoms with Gasteiger partial charge >= 0.3 is 6.61 Å². The van der Waals surface area contributed by atoms with E-state index in [1.54, 1.807) is 30.4 Å². The van der Waals surface area contributed by atoms with Crippen LogP contribution in [-0.2, 0) is 4.74 Å². The summed E-state index contributed by atoms with van der Waals surface area (Å²) in [6.07, 6.45) is 12.1. The Morgan fingerprint density at radius 2 is 1.97 bits per heavy atom. The Morgan fingerprint density at radius 3 is 2.71 bits per heavy atom. The van der Waals surface area contributed by atoms with Gasteiger partial charge in [-0.3, -0.25) is 0 Å². The van der Waals surface area contributed by atoms with Crippen molar-refractivity contribution in [1.29, 1.82) is 0 Å². The first-order chi connectivity index (χ1) is 16.5. The maximum Gasteiger partial charge on any atom is 0.387 e. The van der Waals surface area contributed by atoms with Crippen molar-refractivity contribution in [2.24, 2.45) is 11.5 Å². The molecular formula is C25H27F2N5O2. The number of alkyl halides is 2. The lowest BCUT2D eigenvalue weighted by molar-refractivity contribution is -0.0498. The molecule has 2 heterocycles. The zero-order valence-corrected chi connectivity index (χ0v) is 18.5. The van der Waals surface area contributed by atoms with Gasteiger partial charge in [-0.1, -0.05) is 12.1 Å². The van der Waals surface area contributed by atoms with Gasteiger partial charge in [0.15, 0.2) is 6.23 Å². The average molecular weight is 468 g/mol. The summed E-state index contributed by atoms with van der Waals surface area (Å²) in [5.41, 5.74) is 15.2. The van der Waals surface area contributed by atoms with Crippen molar-refractivity contribution in [2.75, 3.05) is 11.9 Å². The van der Waals surface area contributed by atoms with E-state index < -0.39 is 6.61 Å². The third-order valence-electron chi connectivity index (χ3n) is 5.34. The highest BCUT2D eigenvalue weighted by atomic mass is 19.3. The van der Waals surface area contributed by atoms with Gasteiger partial charge in [0.2, 0.25) is 0 Å². The zero-order valence-electron chi connectivity index (χ0n) is 18.5. The van der Waals surface area contributed by atoms with Crippen molar-refractivity contribution in [3.63, 3.8) is 0 Å². The molecule has 1 fully saturated rings. The molecule has 1 atom stereocenters.